The van der Waals surface area contributed by atoms with Gasteiger partial charge < -0.3 is 5.32 Å². The first-order valence-electron chi connectivity index (χ1n) is 7.68. The SMILES string of the molecule is CCCC1CN(CC2CCCC2C)C(C)CN1. The van der Waals surface area contributed by atoms with E-state index in [4.69, 9.17) is 0 Å². The maximum atomic E-state index is 3.69. The standard InChI is InChI=1S/C15H30N2/c1-4-6-15-11-17(13(3)9-16-15)10-14-8-5-7-12(14)2/h12-16H,4-11H2,1-3H3. The molecule has 2 aliphatic rings. The van der Waals surface area contributed by atoms with Crippen LogP contribution < -0.4 is 5.32 Å². The lowest BCUT2D eigenvalue weighted by atomic mass is 9.95. The fraction of sp³-hybridized carbons (Fsp3) is 1.00. The molecule has 2 fully saturated rings. The van der Waals surface area contributed by atoms with E-state index < -0.39 is 0 Å². The normalized spacial score (nSPS) is 39.7. The van der Waals surface area contributed by atoms with Crippen molar-refractivity contribution in [1.82, 2.24) is 10.2 Å². The van der Waals surface area contributed by atoms with Crippen molar-refractivity contribution in [2.24, 2.45) is 11.8 Å². The number of rotatable bonds is 4. The lowest BCUT2D eigenvalue weighted by Gasteiger charge is -2.40. The maximum absolute atomic E-state index is 3.69. The molecule has 4 atom stereocenters. The summed E-state index contributed by atoms with van der Waals surface area (Å²) < 4.78 is 0. The highest BCUT2D eigenvalue weighted by Gasteiger charge is 2.30. The molecule has 0 aromatic heterocycles. The average molecular weight is 238 g/mol. The molecule has 0 spiro atoms. The van der Waals surface area contributed by atoms with Crippen molar-refractivity contribution in [2.45, 2.75) is 65.0 Å². The number of nitrogens with one attached hydrogen (secondary N) is 1. The lowest BCUT2D eigenvalue weighted by Crippen LogP contribution is -2.56. The van der Waals surface area contributed by atoms with Crippen LogP contribution in [0.25, 0.3) is 0 Å². The first-order valence-corrected chi connectivity index (χ1v) is 7.68. The Morgan fingerprint density at radius 2 is 2.06 bits per heavy atom. The minimum atomic E-state index is 0.732. The third-order valence-electron chi connectivity index (χ3n) is 4.93. The summed E-state index contributed by atoms with van der Waals surface area (Å²) in [5.41, 5.74) is 0. The summed E-state index contributed by atoms with van der Waals surface area (Å²) in [5, 5.41) is 3.69. The second-order valence-corrected chi connectivity index (χ2v) is 6.37. The van der Waals surface area contributed by atoms with Gasteiger partial charge in [0.1, 0.15) is 0 Å². The molecular weight excluding hydrogens is 208 g/mol. The van der Waals surface area contributed by atoms with E-state index in [-0.39, 0.29) is 0 Å². The number of piperazine rings is 1. The Morgan fingerprint density at radius 3 is 2.71 bits per heavy atom. The summed E-state index contributed by atoms with van der Waals surface area (Å²) >= 11 is 0. The second kappa shape index (κ2) is 6.19. The Hall–Kier alpha value is -0.0800. The van der Waals surface area contributed by atoms with Gasteiger partial charge in [0.25, 0.3) is 0 Å². The van der Waals surface area contributed by atoms with Crippen LogP contribution in [0.2, 0.25) is 0 Å². The van der Waals surface area contributed by atoms with Crippen molar-refractivity contribution >= 4 is 0 Å². The molecule has 1 saturated heterocycles. The fourth-order valence-electron chi connectivity index (χ4n) is 3.58. The molecule has 100 valence electrons. The van der Waals surface area contributed by atoms with Crippen molar-refractivity contribution in [3.8, 4) is 0 Å². The Morgan fingerprint density at radius 1 is 1.24 bits per heavy atom. The minimum absolute atomic E-state index is 0.732. The molecule has 1 saturated carbocycles. The molecule has 0 bridgehead atoms. The molecule has 0 aromatic carbocycles. The topological polar surface area (TPSA) is 15.3 Å². The summed E-state index contributed by atoms with van der Waals surface area (Å²) in [7, 11) is 0. The summed E-state index contributed by atoms with van der Waals surface area (Å²) in [6.45, 7) is 10.9. The van der Waals surface area contributed by atoms with Crippen molar-refractivity contribution in [1.29, 1.82) is 0 Å². The van der Waals surface area contributed by atoms with Crippen LogP contribution in [-0.2, 0) is 0 Å². The number of hydrogen-bond acceptors (Lipinski definition) is 2. The van der Waals surface area contributed by atoms with E-state index in [0.717, 1.165) is 23.9 Å². The molecule has 2 nitrogen and oxygen atoms in total. The third kappa shape index (κ3) is 3.45. The van der Waals surface area contributed by atoms with Crippen LogP contribution >= 0.6 is 0 Å². The van der Waals surface area contributed by atoms with Crippen molar-refractivity contribution in [2.75, 3.05) is 19.6 Å². The summed E-state index contributed by atoms with van der Waals surface area (Å²) in [5.74, 6) is 1.93. The third-order valence-corrected chi connectivity index (χ3v) is 4.93. The molecule has 0 amide bonds. The highest BCUT2D eigenvalue weighted by molar-refractivity contribution is 4.86. The van der Waals surface area contributed by atoms with Crippen LogP contribution in [0.1, 0.15) is 52.9 Å². The molecule has 1 N–H and O–H groups in total. The number of nitrogens with zero attached hydrogens (tertiary/aromatic N) is 1. The first kappa shape index (κ1) is 13.4. The van der Waals surface area contributed by atoms with Crippen LogP contribution in [0.5, 0.6) is 0 Å². The van der Waals surface area contributed by atoms with E-state index in [1.807, 2.05) is 0 Å². The Labute approximate surface area is 107 Å². The Bertz CT molecular complexity index is 229. The van der Waals surface area contributed by atoms with Crippen LogP contribution in [0.3, 0.4) is 0 Å². The van der Waals surface area contributed by atoms with Crippen molar-refractivity contribution < 1.29 is 0 Å². The van der Waals surface area contributed by atoms with E-state index in [2.05, 4.69) is 31.0 Å². The minimum Gasteiger partial charge on any atom is -0.311 e. The molecule has 4 unspecified atom stereocenters. The van der Waals surface area contributed by atoms with Gasteiger partial charge in [-0.1, -0.05) is 33.1 Å². The smallest absolute Gasteiger partial charge is 0.0195 e. The summed E-state index contributed by atoms with van der Waals surface area (Å²) in [6.07, 6.45) is 7.04. The van der Waals surface area contributed by atoms with E-state index in [1.54, 1.807) is 0 Å². The van der Waals surface area contributed by atoms with Crippen LogP contribution in [0, 0.1) is 11.8 Å². The van der Waals surface area contributed by atoms with Gasteiger partial charge in [-0.05, 0) is 31.6 Å². The zero-order valence-corrected chi connectivity index (χ0v) is 11.9. The zero-order valence-electron chi connectivity index (χ0n) is 11.9. The fourth-order valence-corrected chi connectivity index (χ4v) is 3.58. The van der Waals surface area contributed by atoms with Gasteiger partial charge in [-0.15, -0.1) is 0 Å². The van der Waals surface area contributed by atoms with Crippen LogP contribution in [0.4, 0.5) is 0 Å². The molecule has 1 aliphatic carbocycles. The molecule has 2 rings (SSSR count). The highest BCUT2D eigenvalue weighted by atomic mass is 15.2. The molecule has 17 heavy (non-hydrogen) atoms. The monoisotopic (exact) mass is 238 g/mol. The predicted octanol–water partition coefficient (Wildman–Crippen LogP) is 2.89. The van der Waals surface area contributed by atoms with Gasteiger partial charge in [-0.3, -0.25) is 4.90 Å². The largest absolute Gasteiger partial charge is 0.311 e. The van der Waals surface area contributed by atoms with E-state index in [1.165, 1.54) is 51.7 Å². The van der Waals surface area contributed by atoms with Crippen molar-refractivity contribution in [3.63, 3.8) is 0 Å². The molecular formula is C15H30N2. The quantitative estimate of drug-likeness (QED) is 0.810. The van der Waals surface area contributed by atoms with Gasteiger partial charge >= 0.3 is 0 Å². The zero-order chi connectivity index (χ0) is 12.3. The predicted molar refractivity (Wildman–Crippen MR) is 74.2 cm³/mol. The number of hydrogen-bond donors (Lipinski definition) is 1. The summed E-state index contributed by atoms with van der Waals surface area (Å²) in [4.78, 5) is 2.75. The summed E-state index contributed by atoms with van der Waals surface area (Å²) in [6, 6.07) is 1.48. The maximum Gasteiger partial charge on any atom is 0.0195 e. The Kier molecular flexibility index (Phi) is 4.87. The van der Waals surface area contributed by atoms with Gasteiger partial charge in [0, 0.05) is 31.7 Å². The van der Waals surface area contributed by atoms with Gasteiger partial charge in [-0.2, -0.15) is 0 Å². The van der Waals surface area contributed by atoms with E-state index in [9.17, 15) is 0 Å². The van der Waals surface area contributed by atoms with Crippen LogP contribution in [-0.4, -0.2) is 36.6 Å². The van der Waals surface area contributed by atoms with Gasteiger partial charge in [0.05, 0.1) is 0 Å². The van der Waals surface area contributed by atoms with E-state index in [0.29, 0.717) is 0 Å². The van der Waals surface area contributed by atoms with Crippen LogP contribution in [0.15, 0.2) is 0 Å². The molecule has 2 heteroatoms. The van der Waals surface area contributed by atoms with E-state index >= 15 is 0 Å². The first-order chi connectivity index (χ1) is 8.20. The molecule has 0 aromatic rings. The van der Waals surface area contributed by atoms with Gasteiger partial charge in [0.15, 0.2) is 0 Å². The molecule has 1 aliphatic heterocycles. The lowest BCUT2D eigenvalue weighted by molar-refractivity contribution is 0.108. The average Bonchev–Trinajstić information content (AvgIpc) is 2.70. The Balaban J connectivity index is 1.84. The van der Waals surface area contributed by atoms with Gasteiger partial charge in [0.2, 0.25) is 0 Å². The second-order valence-electron chi connectivity index (χ2n) is 6.37. The highest BCUT2D eigenvalue weighted by Crippen LogP contribution is 2.32. The molecule has 0 radical (unpaired) electrons. The van der Waals surface area contributed by atoms with Gasteiger partial charge in [-0.25, -0.2) is 0 Å². The van der Waals surface area contributed by atoms with Crippen molar-refractivity contribution in [3.05, 3.63) is 0 Å². The molecule has 1 heterocycles.